The summed E-state index contributed by atoms with van der Waals surface area (Å²) in [6.45, 7) is 6.31. The van der Waals surface area contributed by atoms with Crippen LogP contribution >= 0.6 is 11.6 Å². The number of hydrogen-bond acceptors (Lipinski definition) is 2. The highest BCUT2D eigenvalue weighted by Crippen LogP contribution is 2.25. The van der Waals surface area contributed by atoms with Gasteiger partial charge in [0, 0.05) is 16.1 Å². The molecule has 1 aromatic heterocycles. The Labute approximate surface area is 194 Å². The van der Waals surface area contributed by atoms with Gasteiger partial charge in [-0.15, -0.1) is 0 Å². The smallest absolute Gasteiger partial charge is 0.160 e. The molecule has 2 nitrogen and oxygen atoms in total. The fraction of sp³-hybridized carbons (Fsp3) is 0.0345. The van der Waals surface area contributed by atoms with Crippen molar-refractivity contribution in [2.24, 2.45) is 0 Å². The van der Waals surface area contributed by atoms with Gasteiger partial charge in [-0.3, -0.25) is 0 Å². The predicted octanol–water partition coefficient (Wildman–Crippen LogP) is 8.14. The lowest BCUT2D eigenvalue weighted by Gasteiger charge is -2.09. The highest BCUT2D eigenvalue weighted by Gasteiger charge is 2.09. The van der Waals surface area contributed by atoms with Gasteiger partial charge in [0.15, 0.2) is 5.82 Å². The lowest BCUT2D eigenvalue weighted by Crippen LogP contribution is -1.97. The summed E-state index contributed by atoms with van der Waals surface area (Å²) in [7, 11) is 0. The zero-order valence-electron chi connectivity index (χ0n) is 17.9. The maximum atomic E-state index is 6.11. The molecule has 0 aliphatic heterocycles. The maximum Gasteiger partial charge on any atom is 0.160 e. The number of benzene rings is 3. The van der Waals surface area contributed by atoms with E-state index < -0.39 is 0 Å². The predicted molar refractivity (Wildman–Crippen MR) is 136 cm³/mol. The van der Waals surface area contributed by atoms with Crippen molar-refractivity contribution in [1.29, 1.82) is 0 Å². The Balaban J connectivity index is 1.66. The van der Waals surface area contributed by atoms with Gasteiger partial charge in [0.2, 0.25) is 0 Å². The zero-order valence-corrected chi connectivity index (χ0v) is 18.6. The summed E-state index contributed by atoms with van der Waals surface area (Å²) >= 11 is 6.11. The monoisotopic (exact) mass is 434 g/mol. The summed E-state index contributed by atoms with van der Waals surface area (Å²) in [5.74, 6) is 0.683. The van der Waals surface area contributed by atoms with Crippen molar-refractivity contribution in [3.05, 3.63) is 132 Å². The first-order chi connectivity index (χ1) is 15.6. The van der Waals surface area contributed by atoms with Crippen molar-refractivity contribution < 1.29 is 0 Å². The van der Waals surface area contributed by atoms with Crippen molar-refractivity contribution in [2.45, 2.75) is 6.92 Å². The van der Waals surface area contributed by atoms with Gasteiger partial charge in [0.25, 0.3) is 0 Å². The van der Waals surface area contributed by atoms with Crippen molar-refractivity contribution >= 4 is 22.7 Å². The molecule has 4 rings (SSSR count). The number of nitrogens with zero attached hydrogens (tertiary/aromatic N) is 2. The van der Waals surface area contributed by atoms with Crippen LogP contribution in [-0.4, -0.2) is 9.97 Å². The fourth-order valence-corrected chi connectivity index (χ4v) is 3.50. The SMILES string of the molecule is C=C(/C=C\C=C(/C)c1cccc(Cl)c1)c1cc(-c2ccccc2)nc(-c2ccccc2)n1. The molecular formula is C29H23ClN2. The van der Waals surface area contributed by atoms with E-state index in [0.29, 0.717) is 5.82 Å². The first kappa shape index (κ1) is 21.5. The summed E-state index contributed by atoms with van der Waals surface area (Å²) < 4.78 is 0. The van der Waals surface area contributed by atoms with Gasteiger partial charge < -0.3 is 0 Å². The van der Waals surface area contributed by atoms with E-state index in [1.807, 2.05) is 97.1 Å². The normalized spacial score (nSPS) is 11.6. The molecule has 0 N–H and O–H groups in total. The third kappa shape index (κ3) is 5.29. The molecule has 0 atom stereocenters. The molecule has 156 valence electrons. The van der Waals surface area contributed by atoms with E-state index in [9.17, 15) is 0 Å². The van der Waals surface area contributed by atoms with E-state index >= 15 is 0 Å². The molecule has 3 aromatic carbocycles. The molecule has 0 aliphatic carbocycles. The van der Waals surface area contributed by atoms with E-state index in [1.54, 1.807) is 0 Å². The van der Waals surface area contributed by atoms with Crippen LogP contribution in [0.5, 0.6) is 0 Å². The lowest BCUT2D eigenvalue weighted by atomic mass is 10.1. The quantitative estimate of drug-likeness (QED) is 0.286. The van der Waals surface area contributed by atoms with E-state index in [1.165, 1.54) is 0 Å². The fourth-order valence-electron chi connectivity index (χ4n) is 3.31. The third-order valence-corrected chi connectivity index (χ3v) is 5.32. The molecular weight excluding hydrogens is 412 g/mol. The molecule has 0 aliphatic rings. The number of hydrogen-bond donors (Lipinski definition) is 0. The Morgan fingerprint density at radius 2 is 1.50 bits per heavy atom. The second-order valence-corrected chi connectivity index (χ2v) is 7.87. The summed E-state index contributed by atoms with van der Waals surface area (Å²) in [5.41, 5.74) is 6.71. The van der Waals surface area contributed by atoms with Gasteiger partial charge >= 0.3 is 0 Å². The van der Waals surface area contributed by atoms with Crippen LogP contribution in [0.25, 0.3) is 33.8 Å². The standard InChI is InChI=1S/C29H23ClN2/c1-21(25-17-10-18-26(30)19-25)11-9-12-22(2)27-20-28(23-13-5-3-6-14-23)32-29(31-27)24-15-7-4-8-16-24/h3-20H,2H2,1H3/b12-9-,21-11+. The zero-order chi connectivity index (χ0) is 22.3. The molecule has 32 heavy (non-hydrogen) atoms. The van der Waals surface area contributed by atoms with Crippen molar-refractivity contribution in [3.63, 3.8) is 0 Å². The van der Waals surface area contributed by atoms with Crippen molar-refractivity contribution in [1.82, 2.24) is 9.97 Å². The van der Waals surface area contributed by atoms with Crippen LogP contribution < -0.4 is 0 Å². The largest absolute Gasteiger partial charge is 0.228 e. The van der Waals surface area contributed by atoms with Crippen LogP contribution in [0, 0.1) is 0 Å². The van der Waals surface area contributed by atoms with Crippen LogP contribution in [0.3, 0.4) is 0 Å². The summed E-state index contributed by atoms with van der Waals surface area (Å²) in [5, 5.41) is 0.728. The minimum absolute atomic E-state index is 0.683. The molecule has 4 aromatic rings. The molecule has 0 saturated carbocycles. The summed E-state index contributed by atoms with van der Waals surface area (Å²) in [6.07, 6.45) is 6.01. The molecule has 3 heteroatoms. The minimum atomic E-state index is 0.683. The summed E-state index contributed by atoms with van der Waals surface area (Å²) in [6, 6.07) is 30.0. The molecule has 0 unspecified atom stereocenters. The molecule has 0 bridgehead atoms. The van der Waals surface area contributed by atoms with Gasteiger partial charge in [-0.2, -0.15) is 0 Å². The maximum absolute atomic E-state index is 6.11. The van der Waals surface area contributed by atoms with E-state index in [0.717, 1.165) is 44.2 Å². The van der Waals surface area contributed by atoms with Crippen LogP contribution in [0.15, 0.2) is 116 Å². The second kappa shape index (κ2) is 10.0. The van der Waals surface area contributed by atoms with Gasteiger partial charge in [-0.05, 0) is 41.8 Å². The molecule has 0 amide bonds. The molecule has 0 spiro atoms. The van der Waals surface area contributed by atoms with Gasteiger partial charge in [0.1, 0.15) is 0 Å². The van der Waals surface area contributed by atoms with E-state index in [4.69, 9.17) is 21.6 Å². The van der Waals surface area contributed by atoms with Crippen LogP contribution in [0.2, 0.25) is 5.02 Å². The summed E-state index contributed by atoms with van der Waals surface area (Å²) in [4.78, 5) is 9.61. The van der Waals surface area contributed by atoms with Crippen LogP contribution in [0.1, 0.15) is 18.2 Å². The van der Waals surface area contributed by atoms with Crippen molar-refractivity contribution in [3.8, 4) is 22.6 Å². The first-order valence-corrected chi connectivity index (χ1v) is 10.8. The number of halogens is 1. The van der Waals surface area contributed by atoms with Gasteiger partial charge in [-0.1, -0.05) is 109 Å². The third-order valence-electron chi connectivity index (χ3n) is 5.08. The Kier molecular flexibility index (Phi) is 6.74. The van der Waals surface area contributed by atoms with E-state index in [2.05, 4.69) is 25.6 Å². The minimum Gasteiger partial charge on any atom is -0.228 e. The lowest BCUT2D eigenvalue weighted by molar-refractivity contribution is 1.16. The molecule has 1 heterocycles. The van der Waals surface area contributed by atoms with Crippen molar-refractivity contribution in [2.75, 3.05) is 0 Å². The second-order valence-electron chi connectivity index (χ2n) is 7.44. The topological polar surface area (TPSA) is 25.8 Å². The molecule has 0 saturated heterocycles. The number of rotatable bonds is 6. The van der Waals surface area contributed by atoms with Crippen LogP contribution in [-0.2, 0) is 0 Å². The Hall–Kier alpha value is -3.75. The highest BCUT2D eigenvalue weighted by molar-refractivity contribution is 6.30. The van der Waals surface area contributed by atoms with Gasteiger partial charge in [-0.25, -0.2) is 9.97 Å². The van der Waals surface area contributed by atoms with Crippen LogP contribution in [0.4, 0.5) is 0 Å². The highest BCUT2D eigenvalue weighted by atomic mass is 35.5. The number of aromatic nitrogens is 2. The van der Waals surface area contributed by atoms with Gasteiger partial charge in [0.05, 0.1) is 11.4 Å². The first-order valence-electron chi connectivity index (χ1n) is 10.4. The van der Waals surface area contributed by atoms with E-state index in [-0.39, 0.29) is 0 Å². The molecule has 0 fully saturated rings. The number of allylic oxidation sites excluding steroid dienone is 5. The Bertz CT molecular complexity index is 1230. The average molecular weight is 435 g/mol. The Morgan fingerprint density at radius 1 is 0.812 bits per heavy atom. The molecule has 0 radical (unpaired) electrons. The average Bonchev–Trinajstić information content (AvgIpc) is 2.84. The Morgan fingerprint density at radius 3 is 2.19 bits per heavy atom.